The van der Waals surface area contributed by atoms with Gasteiger partial charge in [-0.15, -0.1) is 0 Å². The zero-order valence-electron chi connectivity index (χ0n) is 10.2. The summed E-state index contributed by atoms with van der Waals surface area (Å²) in [4.78, 5) is 0. The first-order valence-corrected chi connectivity index (χ1v) is 5.98. The lowest BCUT2D eigenvalue weighted by atomic mass is 10.1. The molecule has 0 aliphatic heterocycles. The highest BCUT2D eigenvalue weighted by atomic mass is 15.3. The Hall–Kier alpha value is -0.830. The van der Waals surface area contributed by atoms with Gasteiger partial charge in [-0.05, 0) is 38.3 Å². The molecule has 0 aliphatic rings. The maximum absolute atomic E-state index is 4.28. The van der Waals surface area contributed by atoms with E-state index in [-0.39, 0.29) is 0 Å². The van der Waals surface area contributed by atoms with Gasteiger partial charge in [-0.3, -0.25) is 4.68 Å². The summed E-state index contributed by atoms with van der Waals surface area (Å²) < 4.78 is 2.04. The van der Waals surface area contributed by atoms with Crippen LogP contribution in [-0.2, 0) is 6.54 Å². The van der Waals surface area contributed by atoms with E-state index in [1.807, 2.05) is 10.9 Å². The van der Waals surface area contributed by atoms with Crippen LogP contribution in [0, 0.1) is 6.92 Å². The molecule has 0 fully saturated rings. The highest BCUT2D eigenvalue weighted by Crippen LogP contribution is 2.04. The summed E-state index contributed by atoms with van der Waals surface area (Å²) in [5.74, 6) is 0. The van der Waals surface area contributed by atoms with Gasteiger partial charge in [0.15, 0.2) is 0 Å². The van der Waals surface area contributed by atoms with Gasteiger partial charge in [0, 0.05) is 18.8 Å². The van der Waals surface area contributed by atoms with Crippen molar-refractivity contribution >= 4 is 0 Å². The number of rotatable bonds is 7. The Morgan fingerprint density at radius 2 is 2.27 bits per heavy atom. The van der Waals surface area contributed by atoms with Gasteiger partial charge < -0.3 is 5.32 Å². The fourth-order valence-corrected chi connectivity index (χ4v) is 1.83. The van der Waals surface area contributed by atoms with Crippen molar-refractivity contribution in [2.45, 2.75) is 52.6 Å². The third-order valence-electron chi connectivity index (χ3n) is 2.69. The fourth-order valence-electron chi connectivity index (χ4n) is 1.83. The number of aryl methyl sites for hydroxylation is 2. The Labute approximate surface area is 92.9 Å². The van der Waals surface area contributed by atoms with Crippen LogP contribution in [0.25, 0.3) is 0 Å². The van der Waals surface area contributed by atoms with Gasteiger partial charge in [0.25, 0.3) is 0 Å². The van der Waals surface area contributed by atoms with Gasteiger partial charge in [0.05, 0.1) is 6.20 Å². The zero-order chi connectivity index (χ0) is 11.1. The van der Waals surface area contributed by atoms with Crippen LogP contribution in [0.1, 0.15) is 38.7 Å². The van der Waals surface area contributed by atoms with Gasteiger partial charge in [0.2, 0.25) is 0 Å². The Morgan fingerprint density at radius 1 is 1.47 bits per heavy atom. The minimum absolute atomic E-state index is 0.673. The van der Waals surface area contributed by atoms with Crippen LogP contribution < -0.4 is 5.32 Å². The summed E-state index contributed by atoms with van der Waals surface area (Å²) in [6.07, 6.45) is 7.68. The average Bonchev–Trinajstić information content (AvgIpc) is 2.63. The van der Waals surface area contributed by atoms with Crippen molar-refractivity contribution in [2.24, 2.45) is 0 Å². The smallest absolute Gasteiger partial charge is 0.0518 e. The SMILES string of the molecule is CCNC(CC)CCCn1cc(C)cn1. The highest BCUT2D eigenvalue weighted by Gasteiger charge is 2.03. The first-order chi connectivity index (χ1) is 7.26. The molecule has 0 saturated heterocycles. The van der Waals surface area contributed by atoms with E-state index in [1.165, 1.54) is 24.8 Å². The van der Waals surface area contributed by atoms with Crippen molar-refractivity contribution in [1.82, 2.24) is 15.1 Å². The molecule has 3 nitrogen and oxygen atoms in total. The van der Waals surface area contributed by atoms with E-state index in [0.29, 0.717) is 6.04 Å². The third-order valence-corrected chi connectivity index (χ3v) is 2.69. The van der Waals surface area contributed by atoms with Crippen LogP contribution in [0.3, 0.4) is 0 Å². The maximum Gasteiger partial charge on any atom is 0.0518 e. The normalized spacial score (nSPS) is 13.0. The number of hydrogen-bond donors (Lipinski definition) is 1. The molecule has 1 heterocycles. The summed E-state index contributed by atoms with van der Waals surface area (Å²) in [5.41, 5.74) is 1.24. The van der Waals surface area contributed by atoms with Crippen LogP contribution in [-0.4, -0.2) is 22.4 Å². The van der Waals surface area contributed by atoms with Crippen LogP contribution in [0.5, 0.6) is 0 Å². The molecule has 1 atom stereocenters. The summed E-state index contributed by atoms with van der Waals surface area (Å²) >= 11 is 0. The topological polar surface area (TPSA) is 29.9 Å². The highest BCUT2D eigenvalue weighted by molar-refractivity contribution is 4.99. The monoisotopic (exact) mass is 209 g/mol. The summed E-state index contributed by atoms with van der Waals surface area (Å²) in [7, 11) is 0. The van der Waals surface area contributed by atoms with Crippen LogP contribution in [0.15, 0.2) is 12.4 Å². The van der Waals surface area contributed by atoms with Crippen molar-refractivity contribution in [3.8, 4) is 0 Å². The van der Waals surface area contributed by atoms with Crippen LogP contribution in [0.2, 0.25) is 0 Å². The lowest BCUT2D eigenvalue weighted by Gasteiger charge is -2.15. The number of hydrogen-bond acceptors (Lipinski definition) is 2. The van der Waals surface area contributed by atoms with Gasteiger partial charge in [0.1, 0.15) is 0 Å². The molecule has 0 amide bonds. The van der Waals surface area contributed by atoms with Crippen molar-refractivity contribution < 1.29 is 0 Å². The second kappa shape index (κ2) is 6.62. The van der Waals surface area contributed by atoms with Crippen molar-refractivity contribution in [3.05, 3.63) is 18.0 Å². The van der Waals surface area contributed by atoms with E-state index in [0.717, 1.165) is 13.1 Å². The Morgan fingerprint density at radius 3 is 2.80 bits per heavy atom. The maximum atomic E-state index is 4.28. The minimum Gasteiger partial charge on any atom is -0.314 e. The second-order valence-electron chi connectivity index (χ2n) is 4.09. The van der Waals surface area contributed by atoms with E-state index in [1.54, 1.807) is 0 Å². The van der Waals surface area contributed by atoms with Crippen molar-refractivity contribution in [3.63, 3.8) is 0 Å². The Bertz CT molecular complexity index is 268. The van der Waals surface area contributed by atoms with Gasteiger partial charge in [-0.1, -0.05) is 13.8 Å². The van der Waals surface area contributed by atoms with Crippen LogP contribution >= 0.6 is 0 Å². The zero-order valence-corrected chi connectivity index (χ0v) is 10.2. The van der Waals surface area contributed by atoms with Crippen molar-refractivity contribution in [1.29, 1.82) is 0 Å². The molecule has 1 aromatic heterocycles. The largest absolute Gasteiger partial charge is 0.314 e. The van der Waals surface area contributed by atoms with Crippen molar-refractivity contribution in [2.75, 3.05) is 6.54 Å². The fraction of sp³-hybridized carbons (Fsp3) is 0.750. The number of aromatic nitrogens is 2. The predicted octanol–water partition coefficient (Wildman–Crippen LogP) is 2.36. The van der Waals surface area contributed by atoms with E-state index in [2.05, 4.69) is 37.4 Å². The molecular weight excluding hydrogens is 186 g/mol. The molecule has 15 heavy (non-hydrogen) atoms. The molecule has 0 radical (unpaired) electrons. The first kappa shape index (κ1) is 12.2. The molecule has 0 bridgehead atoms. The number of nitrogens with one attached hydrogen (secondary N) is 1. The number of nitrogens with zero attached hydrogens (tertiary/aromatic N) is 2. The van der Waals surface area contributed by atoms with E-state index in [4.69, 9.17) is 0 Å². The summed E-state index contributed by atoms with van der Waals surface area (Å²) in [6.45, 7) is 8.59. The Kier molecular flexibility index (Phi) is 5.40. The summed E-state index contributed by atoms with van der Waals surface area (Å²) in [6, 6.07) is 0.673. The molecule has 1 unspecified atom stereocenters. The molecule has 0 saturated carbocycles. The lowest BCUT2D eigenvalue weighted by Crippen LogP contribution is -2.28. The summed E-state index contributed by atoms with van der Waals surface area (Å²) in [5, 5.41) is 7.77. The van der Waals surface area contributed by atoms with Gasteiger partial charge in [-0.25, -0.2) is 0 Å². The molecule has 0 aliphatic carbocycles. The Balaban J connectivity index is 2.20. The molecule has 1 N–H and O–H groups in total. The lowest BCUT2D eigenvalue weighted by molar-refractivity contribution is 0.439. The standard InChI is InChI=1S/C12H23N3/c1-4-12(13-5-2)7-6-8-15-10-11(3)9-14-15/h9-10,12-13H,4-8H2,1-3H3. The van der Waals surface area contributed by atoms with Crippen LogP contribution in [0.4, 0.5) is 0 Å². The van der Waals surface area contributed by atoms with Gasteiger partial charge >= 0.3 is 0 Å². The predicted molar refractivity (Wildman–Crippen MR) is 64.0 cm³/mol. The second-order valence-corrected chi connectivity index (χ2v) is 4.09. The third kappa shape index (κ3) is 4.47. The molecule has 0 spiro atoms. The average molecular weight is 209 g/mol. The van der Waals surface area contributed by atoms with E-state index in [9.17, 15) is 0 Å². The molecule has 1 aromatic rings. The molecule has 1 rings (SSSR count). The quantitative estimate of drug-likeness (QED) is 0.747. The molecule has 0 aromatic carbocycles. The molecule has 3 heteroatoms. The van der Waals surface area contributed by atoms with Gasteiger partial charge in [-0.2, -0.15) is 5.10 Å². The molecule has 86 valence electrons. The van der Waals surface area contributed by atoms with E-state index < -0.39 is 0 Å². The molecular formula is C12H23N3. The van der Waals surface area contributed by atoms with E-state index >= 15 is 0 Å². The minimum atomic E-state index is 0.673. The first-order valence-electron chi connectivity index (χ1n) is 5.98.